The van der Waals surface area contributed by atoms with Crippen molar-refractivity contribution in [1.29, 1.82) is 0 Å². The molecule has 1 saturated heterocycles. The molecule has 0 aromatic heterocycles. The van der Waals surface area contributed by atoms with E-state index in [0.29, 0.717) is 0 Å². The van der Waals surface area contributed by atoms with Gasteiger partial charge in [-0.3, -0.25) is 0 Å². The van der Waals surface area contributed by atoms with Gasteiger partial charge in [-0.2, -0.15) is 0 Å². The minimum absolute atomic E-state index is 0. The first-order chi connectivity index (χ1) is 4.70. The average Bonchev–Trinajstić information content (AvgIpc) is 2.17. The molecule has 0 bridgehead atoms. The van der Waals surface area contributed by atoms with Crippen LogP contribution in [0.1, 0.15) is 27.7 Å². The summed E-state index contributed by atoms with van der Waals surface area (Å²) in [5.74, 6) is 0.949. The highest BCUT2D eigenvalue weighted by Crippen LogP contribution is 2.11. The fraction of sp³-hybridized carbons (Fsp3) is 0.889. The molecule has 1 rings (SSSR count). The zero-order valence-corrected chi connectivity index (χ0v) is 7.13. The van der Waals surface area contributed by atoms with Crippen LogP contribution in [0.4, 0.5) is 0 Å². The van der Waals surface area contributed by atoms with Crippen LogP contribution in [-0.4, -0.2) is 31.3 Å². The van der Waals surface area contributed by atoms with E-state index in [0.717, 1.165) is 12.2 Å². The molecular formula is C9H21NO. The van der Waals surface area contributed by atoms with Gasteiger partial charge >= 0.3 is 0 Å². The van der Waals surface area contributed by atoms with Crippen molar-refractivity contribution >= 4 is 6.29 Å². The molecule has 0 N–H and O–H groups in total. The summed E-state index contributed by atoms with van der Waals surface area (Å²) < 4.78 is 0. The summed E-state index contributed by atoms with van der Waals surface area (Å²) in [4.78, 5) is 11.2. The third kappa shape index (κ3) is 7.53. The van der Waals surface area contributed by atoms with Gasteiger partial charge in [-0.15, -0.1) is 0 Å². The second-order valence-corrected chi connectivity index (χ2v) is 2.89. The van der Waals surface area contributed by atoms with Gasteiger partial charge in [0.05, 0.1) is 0 Å². The Kier molecular flexibility index (Phi) is 9.31. The van der Waals surface area contributed by atoms with Crippen LogP contribution >= 0.6 is 0 Å². The number of hydrogen-bond acceptors (Lipinski definition) is 2. The smallest absolute Gasteiger partial charge is 0.116 e. The Balaban J connectivity index is 0. The lowest BCUT2D eigenvalue weighted by atomic mass is 10.2. The predicted octanol–water partition coefficient (Wildman–Crippen LogP) is 1.80. The second kappa shape index (κ2) is 7.73. The lowest BCUT2D eigenvalue weighted by Crippen LogP contribution is -2.12. The highest BCUT2D eigenvalue weighted by Gasteiger charge is 2.13. The minimum Gasteiger partial charge on any atom is -0.306 e. The van der Waals surface area contributed by atoms with E-state index < -0.39 is 0 Å². The van der Waals surface area contributed by atoms with E-state index in [1.807, 2.05) is 0 Å². The molecule has 1 fully saturated rings. The SMILES string of the molecule is C.CC1CCN(C)C1.CC=O. The van der Waals surface area contributed by atoms with Crippen LogP contribution in [0.5, 0.6) is 0 Å². The van der Waals surface area contributed by atoms with Gasteiger partial charge in [0, 0.05) is 6.54 Å². The molecule has 0 aromatic carbocycles. The maximum Gasteiger partial charge on any atom is 0.116 e. The van der Waals surface area contributed by atoms with E-state index in [9.17, 15) is 0 Å². The Labute approximate surface area is 70.6 Å². The van der Waals surface area contributed by atoms with Gasteiger partial charge in [-0.1, -0.05) is 14.4 Å². The third-order valence-corrected chi connectivity index (χ3v) is 1.63. The average molecular weight is 159 g/mol. The number of rotatable bonds is 0. The first kappa shape index (κ1) is 13.2. The Morgan fingerprint density at radius 3 is 2.09 bits per heavy atom. The molecule has 1 atom stereocenters. The van der Waals surface area contributed by atoms with Crippen LogP contribution in [0.2, 0.25) is 0 Å². The summed E-state index contributed by atoms with van der Waals surface area (Å²) in [6.07, 6.45) is 2.15. The van der Waals surface area contributed by atoms with Gasteiger partial charge in [-0.05, 0) is 32.9 Å². The lowest BCUT2D eigenvalue weighted by molar-refractivity contribution is -0.106. The molecule has 0 spiro atoms. The van der Waals surface area contributed by atoms with E-state index in [1.54, 1.807) is 0 Å². The molecule has 0 aliphatic carbocycles. The second-order valence-electron chi connectivity index (χ2n) is 2.89. The largest absolute Gasteiger partial charge is 0.306 e. The fourth-order valence-electron chi connectivity index (χ4n) is 1.16. The molecule has 2 heteroatoms. The number of hydrogen-bond donors (Lipinski definition) is 0. The van der Waals surface area contributed by atoms with Crippen LogP contribution < -0.4 is 0 Å². The highest BCUT2D eigenvalue weighted by atomic mass is 16.1. The van der Waals surface area contributed by atoms with Gasteiger partial charge < -0.3 is 9.69 Å². The Morgan fingerprint density at radius 1 is 1.55 bits per heavy atom. The molecule has 0 radical (unpaired) electrons. The summed E-state index contributed by atoms with van der Waals surface area (Å²) in [5, 5.41) is 0. The summed E-state index contributed by atoms with van der Waals surface area (Å²) in [5.41, 5.74) is 0. The molecule has 68 valence electrons. The Bertz CT molecular complexity index is 85.6. The number of likely N-dealkylation sites (tertiary alicyclic amines) is 1. The van der Waals surface area contributed by atoms with Gasteiger partial charge in [0.2, 0.25) is 0 Å². The van der Waals surface area contributed by atoms with E-state index in [2.05, 4.69) is 18.9 Å². The van der Waals surface area contributed by atoms with Crippen molar-refractivity contribution in [1.82, 2.24) is 4.90 Å². The van der Waals surface area contributed by atoms with Crippen molar-refractivity contribution in [2.75, 3.05) is 20.1 Å². The Hall–Kier alpha value is -0.370. The molecule has 1 heterocycles. The van der Waals surface area contributed by atoms with Crippen LogP contribution in [0.3, 0.4) is 0 Å². The zero-order valence-electron chi connectivity index (χ0n) is 7.13. The van der Waals surface area contributed by atoms with Gasteiger partial charge in [0.25, 0.3) is 0 Å². The summed E-state index contributed by atoms with van der Waals surface area (Å²) >= 11 is 0. The monoisotopic (exact) mass is 159 g/mol. The highest BCUT2D eigenvalue weighted by molar-refractivity contribution is 5.44. The predicted molar refractivity (Wildman–Crippen MR) is 49.7 cm³/mol. The van der Waals surface area contributed by atoms with Gasteiger partial charge in [0.1, 0.15) is 6.29 Å². The lowest BCUT2D eigenvalue weighted by Gasteiger charge is -2.03. The fourth-order valence-corrected chi connectivity index (χ4v) is 1.16. The van der Waals surface area contributed by atoms with Crippen LogP contribution in [0.15, 0.2) is 0 Å². The first-order valence-corrected chi connectivity index (χ1v) is 3.79. The third-order valence-electron chi connectivity index (χ3n) is 1.63. The molecule has 11 heavy (non-hydrogen) atoms. The van der Waals surface area contributed by atoms with E-state index >= 15 is 0 Å². The summed E-state index contributed by atoms with van der Waals surface area (Å²) in [6, 6.07) is 0. The van der Waals surface area contributed by atoms with Crippen LogP contribution in [-0.2, 0) is 4.79 Å². The number of nitrogens with zero attached hydrogens (tertiary/aromatic N) is 1. The van der Waals surface area contributed by atoms with Crippen molar-refractivity contribution in [2.45, 2.75) is 27.7 Å². The quantitative estimate of drug-likeness (QED) is 0.502. The van der Waals surface area contributed by atoms with E-state index in [-0.39, 0.29) is 7.43 Å². The number of aldehydes is 1. The van der Waals surface area contributed by atoms with Crippen molar-refractivity contribution in [3.8, 4) is 0 Å². The molecule has 2 nitrogen and oxygen atoms in total. The minimum atomic E-state index is 0. The van der Waals surface area contributed by atoms with E-state index in [4.69, 9.17) is 4.79 Å². The summed E-state index contributed by atoms with van der Waals surface area (Å²) in [6.45, 7) is 6.37. The van der Waals surface area contributed by atoms with Crippen LogP contribution in [0.25, 0.3) is 0 Å². The topological polar surface area (TPSA) is 20.3 Å². The first-order valence-electron chi connectivity index (χ1n) is 3.79. The molecular weight excluding hydrogens is 138 g/mol. The maximum atomic E-state index is 8.81. The van der Waals surface area contributed by atoms with Crippen molar-refractivity contribution < 1.29 is 4.79 Å². The molecule has 1 unspecified atom stereocenters. The molecule has 1 aliphatic rings. The Morgan fingerprint density at radius 2 is 2.00 bits per heavy atom. The normalized spacial score (nSPS) is 23.0. The maximum absolute atomic E-state index is 8.81. The van der Waals surface area contributed by atoms with Crippen molar-refractivity contribution in [2.24, 2.45) is 5.92 Å². The molecule has 0 amide bonds. The number of carbonyl (C=O) groups excluding carboxylic acids is 1. The molecule has 0 aromatic rings. The van der Waals surface area contributed by atoms with Gasteiger partial charge in [0.15, 0.2) is 0 Å². The molecule has 0 saturated carbocycles. The number of carbonyl (C=O) groups is 1. The standard InChI is InChI=1S/C6H13N.C2H4O.CH4/c1-6-3-4-7(2)5-6;1-2-3;/h6H,3-5H2,1-2H3;2H,1H3;1H4. The van der Waals surface area contributed by atoms with Crippen LogP contribution in [0, 0.1) is 5.92 Å². The zero-order chi connectivity index (χ0) is 7.98. The summed E-state index contributed by atoms with van der Waals surface area (Å²) in [7, 11) is 2.18. The van der Waals surface area contributed by atoms with Gasteiger partial charge in [-0.25, -0.2) is 0 Å². The van der Waals surface area contributed by atoms with Crippen molar-refractivity contribution in [3.63, 3.8) is 0 Å². The van der Waals surface area contributed by atoms with Crippen molar-refractivity contribution in [3.05, 3.63) is 0 Å². The molecule has 1 aliphatic heterocycles. The van der Waals surface area contributed by atoms with E-state index in [1.165, 1.54) is 26.4 Å².